The molecule has 4 nitrogen and oxygen atoms in total. The first kappa shape index (κ1) is 19.2. The summed E-state index contributed by atoms with van der Waals surface area (Å²) in [6.45, 7) is 1.94. The number of amides is 2. The van der Waals surface area contributed by atoms with E-state index in [1.165, 1.54) is 0 Å². The standard InChI is InChI=1S/C21H16BrClN2O2S/c1-12-4-7-17-15(9-12)20(18-3-2-8-28-18)25(11-19(26)24-17)21(27)14-10-13(22)5-6-16(14)23/h2-10,20H,11H2,1H3,(H,24,26). The zero-order chi connectivity index (χ0) is 19.8. The fourth-order valence-electron chi connectivity index (χ4n) is 3.38. The third kappa shape index (κ3) is 3.60. The third-order valence-electron chi connectivity index (χ3n) is 4.63. The number of nitrogens with one attached hydrogen (secondary N) is 1. The Labute approximate surface area is 180 Å². The first-order valence-corrected chi connectivity index (χ1v) is 10.7. The zero-order valence-electron chi connectivity index (χ0n) is 14.9. The minimum atomic E-state index is -0.378. The van der Waals surface area contributed by atoms with Crippen LogP contribution in [0.15, 0.2) is 58.4 Å². The van der Waals surface area contributed by atoms with Crippen molar-refractivity contribution in [3.05, 3.63) is 85.0 Å². The van der Waals surface area contributed by atoms with Gasteiger partial charge in [-0.15, -0.1) is 11.3 Å². The van der Waals surface area contributed by atoms with Crippen molar-refractivity contribution in [2.75, 3.05) is 11.9 Å². The predicted octanol–water partition coefficient (Wildman–Crippen LogP) is 5.66. The van der Waals surface area contributed by atoms with Crippen LogP contribution in [0.25, 0.3) is 0 Å². The number of benzene rings is 2. The van der Waals surface area contributed by atoms with E-state index in [1.807, 2.05) is 42.6 Å². The van der Waals surface area contributed by atoms with Crippen LogP contribution < -0.4 is 5.32 Å². The molecule has 0 bridgehead atoms. The van der Waals surface area contributed by atoms with Gasteiger partial charge in [-0.25, -0.2) is 0 Å². The molecule has 0 fully saturated rings. The fraction of sp³-hybridized carbons (Fsp3) is 0.143. The Kier molecular flexibility index (Phi) is 5.27. The molecule has 28 heavy (non-hydrogen) atoms. The lowest BCUT2D eigenvalue weighted by Crippen LogP contribution is -2.38. The van der Waals surface area contributed by atoms with Gasteiger partial charge in [-0.1, -0.05) is 51.3 Å². The molecular weight excluding hydrogens is 460 g/mol. The Hall–Kier alpha value is -2.15. The molecule has 1 aromatic heterocycles. The maximum absolute atomic E-state index is 13.5. The van der Waals surface area contributed by atoms with Gasteiger partial charge in [-0.05, 0) is 42.6 Å². The van der Waals surface area contributed by atoms with Gasteiger partial charge in [0, 0.05) is 20.6 Å². The number of thiophene rings is 1. The first-order valence-electron chi connectivity index (χ1n) is 8.64. The minimum absolute atomic E-state index is 0.0576. The molecule has 0 spiro atoms. The molecule has 0 aliphatic carbocycles. The molecule has 2 heterocycles. The summed E-state index contributed by atoms with van der Waals surface area (Å²) in [6.07, 6.45) is 0. The van der Waals surface area contributed by atoms with Gasteiger partial charge in [0.15, 0.2) is 0 Å². The zero-order valence-corrected chi connectivity index (χ0v) is 18.1. The lowest BCUT2D eigenvalue weighted by molar-refractivity contribution is -0.117. The molecule has 0 radical (unpaired) electrons. The third-order valence-corrected chi connectivity index (χ3v) is 6.38. The van der Waals surface area contributed by atoms with E-state index in [2.05, 4.69) is 21.2 Å². The summed E-state index contributed by atoms with van der Waals surface area (Å²) in [6, 6.07) is 14.6. The van der Waals surface area contributed by atoms with Gasteiger partial charge in [0.1, 0.15) is 6.54 Å². The SMILES string of the molecule is Cc1ccc2c(c1)C(c1cccs1)N(C(=O)c1cc(Br)ccc1Cl)CC(=O)N2. The maximum atomic E-state index is 13.5. The van der Waals surface area contributed by atoms with E-state index in [0.717, 1.165) is 26.2 Å². The molecule has 1 N–H and O–H groups in total. The average Bonchev–Trinajstić information content (AvgIpc) is 3.14. The molecule has 4 rings (SSSR count). The number of carbonyl (C=O) groups is 2. The minimum Gasteiger partial charge on any atom is -0.324 e. The Morgan fingerprint density at radius 3 is 2.82 bits per heavy atom. The summed E-state index contributed by atoms with van der Waals surface area (Å²) in [4.78, 5) is 28.7. The van der Waals surface area contributed by atoms with Gasteiger partial charge in [-0.2, -0.15) is 0 Å². The van der Waals surface area contributed by atoms with Crippen LogP contribution in [0.1, 0.15) is 32.4 Å². The number of halogens is 2. The second kappa shape index (κ2) is 7.70. The number of carbonyl (C=O) groups excluding carboxylic acids is 2. The normalized spacial score (nSPS) is 16.3. The Morgan fingerprint density at radius 2 is 2.07 bits per heavy atom. The van der Waals surface area contributed by atoms with Crippen molar-refractivity contribution in [2.45, 2.75) is 13.0 Å². The van der Waals surface area contributed by atoms with Crippen molar-refractivity contribution < 1.29 is 9.59 Å². The first-order chi connectivity index (χ1) is 13.4. The van der Waals surface area contributed by atoms with Crippen molar-refractivity contribution in [1.29, 1.82) is 0 Å². The van der Waals surface area contributed by atoms with Gasteiger partial charge in [-0.3, -0.25) is 9.59 Å². The Bertz CT molecular complexity index is 1070. The second-order valence-corrected chi connectivity index (χ2v) is 8.92. The lowest BCUT2D eigenvalue weighted by Gasteiger charge is -2.30. The van der Waals surface area contributed by atoms with Crippen LogP contribution in [-0.4, -0.2) is 23.3 Å². The summed E-state index contributed by atoms with van der Waals surface area (Å²) in [5.74, 6) is -0.516. The highest BCUT2D eigenvalue weighted by molar-refractivity contribution is 9.10. The van der Waals surface area contributed by atoms with Crippen LogP contribution >= 0.6 is 38.9 Å². The van der Waals surface area contributed by atoms with Crippen LogP contribution in [0.5, 0.6) is 0 Å². The van der Waals surface area contributed by atoms with Crippen molar-refractivity contribution in [1.82, 2.24) is 4.90 Å². The van der Waals surface area contributed by atoms with Crippen LogP contribution in [0.3, 0.4) is 0 Å². The molecule has 7 heteroatoms. The molecular formula is C21H16BrClN2O2S. The van der Waals surface area contributed by atoms with E-state index in [1.54, 1.807) is 34.4 Å². The van der Waals surface area contributed by atoms with Crippen LogP contribution in [0.2, 0.25) is 5.02 Å². The molecule has 0 saturated carbocycles. The topological polar surface area (TPSA) is 49.4 Å². The molecule has 142 valence electrons. The molecule has 2 aromatic carbocycles. The van der Waals surface area contributed by atoms with E-state index in [4.69, 9.17) is 11.6 Å². The second-order valence-electron chi connectivity index (χ2n) is 6.61. The van der Waals surface area contributed by atoms with Crippen molar-refractivity contribution >= 4 is 56.4 Å². The van der Waals surface area contributed by atoms with Crippen molar-refractivity contribution in [3.63, 3.8) is 0 Å². The average molecular weight is 476 g/mol. The van der Waals surface area contributed by atoms with Gasteiger partial charge >= 0.3 is 0 Å². The molecule has 1 aliphatic rings. The Balaban J connectivity index is 1.90. The molecule has 1 aliphatic heterocycles. The lowest BCUT2D eigenvalue weighted by atomic mass is 9.99. The monoisotopic (exact) mass is 474 g/mol. The summed E-state index contributed by atoms with van der Waals surface area (Å²) < 4.78 is 0.753. The molecule has 3 aromatic rings. The summed E-state index contributed by atoms with van der Waals surface area (Å²) in [5, 5.41) is 5.26. The molecule has 1 atom stereocenters. The largest absolute Gasteiger partial charge is 0.324 e. The molecule has 0 saturated heterocycles. The molecule has 1 unspecified atom stereocenters. The Morgan fingerprint density at radius 1 is 1.25 bits per heavy atom. The number of rotatable bonds is 2. The van der Waals surface area contributed by atoms with E-state index in [-0.39, 0.29) is 24.4 Å². The number of fused-ring (bicyclic) bond motifs is 1. The van der Waals surface area contributed by atoms with Crippen LogP contribution in [-0.2, 0) is 4.79 Å². The van der Waals surface area contributed by atoms with Crippen molar-refractivity contribution in [3.8, 4) is 0 Å². The number of aryl methyl sites for hydroxylation is 1. The molecule has 2 amide bonds. The van der Waals surface area contributed by atoms with Crippen LogP contribution in [0, 0.1) is 6.92 Å². The smallest absolute Gasteiger partial charge is 0.256 e. The number of anilines is 1. The van der Waals surface area contributed by atoms with Gasteiger partial charge < -0.3 is 10.2 Å². The number of nitrogens with zero attached hydrogens (tertiary/aromatic N) is 1. The summed E-state index contributed by atoms with van der Waals surface area (Å²) >= 11 is 11.3. The van der Waals surface area contributed by atoms with Crippen molar-refractivity contribution in [2.24, 2.45) is 0 Å². The van der Waals surface area contributed by atoms with E-state index in [0.29, 0.717) is 10.6 Å². The van der Waals surface area contributed by atoms with E-state index in [9.17, 15) is 9.59 Å². The van der Waals surface area contributed by atoms with Gasteiger partial charge in [0.2, 0.25) is 5.91 Å². The number of hydrogen-bond donors (Lipinski definition) is 1. The van der Waals surface area contributed by atoms with Crippen LogP contribution in [0.4, 0.5) is 5.69 Å². The van der Waals surface area contributed by atoms with E-state index < -0.39 is 0 Å². The van der Waals surface area contributed by atoms with E-state index >= 15 is 0 Å². The maximum Gasteiger partial charge on any atom is 0.256 e. The quantitative estimate of drug-likeness (QED) is 0.520. The summed E-state index contributed by atoms with van der Waals surface area (Å²) in [5.41, 5.74) is 3.04. The predicted molar refractivity (Wildman–Crippen MR) is 116 cm³/mol. The highest BCUT2D eigenvalue weighted by atomic mass is 79.9. The summed E-state index contributed by atoms with van der Waals surface area (Å²) in [7, 11) is 0. The highest BCUT2D eigenvalue weighted by Crippen LogP contribution is 2.39. The fourth-order valence-corrected chi connectivity index (χ4v) is 4.80. The van der Waals surface area contributed by atoms with Gasteiger partial charge in [0.25, 0.3) is 5.91 Å². The van der Waals surface area contributed by atoms with Gasteiger partial charge in [0.05, 0.1) is 16.6 Å². The highest BCUT2D eigenvalue weighted by Gasteiger charge is 2.35. The number of hydrogen-bond acceptors (Lipinski definition) is 3.